The number of halogens is 1. The van der Waals surface area contributed by atoms with Crippen LogP contribution in [0.3, 0.4) is 0 Å². The number of ether oxygens (including phenoxy) is 1. The number of aromatic nitrogens is 2. The number of amides is 1. The second-order valence-corrected chi connectivity index (χ2v) is 6.31. The van der Waals surface area contributed by atoms with E-state index >= 15 is 0 Å². The highest BCUT2D eigenvalue weighted by Gasteiger charge is 2.23. The van der Waals surface area contributed by atoms with Crippen molar-refractivity contribution in [2.45, 2.75) is 33.4 Å². The van der Waals surface area contributed by atoms with E-state index in [0.717, 1.165) is 5.56 Å². The number of rotatable bonds is 7. The molecule has 0 aliphatic rings. The van der Waals surface area contributed by atoms with Gasteiger partial charge in [0, 0.05) is 5.02 Å². The van der Waals surface area contributed by atoms with Crippen molar-refractivity contribution in [2.75, 3.05) is 6.61 Å². The van der Waals surface area contributed by atoms with Crippen LogP contribution in [0, 0.1) is 24.0 Å². The highest BCUT2D eigenvalue weighted by Crippen LogP contribution is 2.22. The van der Waals surface area contributed by atoms with Crippen LogP contribution < -0.4 is 5.32 Å². The van der Waals surface area contributed by atoms with E-state index in [2.05, 4.69) is 10.4 Å². The van der Waals surface area contributed by atoms with Gasteiger partial charge in [-0.05, 0) is 32.4 Å². The van der Waals surface area contributed by atoms with Crippen molar-refractivity contribution in [1.82, 2.24) is 15.1 Å². The highest BCUT2D eigenvalue weighted by atomic mass is 35.5. The number of hydrogen-bond donors (Lipinski definition) is 1. The Morgan fingerprint density at radius 1 is 1.37 bits per heavy atom. The van der Waals surface area contributed by atoms with Crippen molar-refractivity contribution < 1.29 is 19.2 Å². The van der Waals surface area contributed by atoms with Gasteiger partial charge < -0.3 is 10.1 Å². The summed E-state index contributed by atoms with van der Waals surface area (Å²) in [5.74, 6) is -1.22. The summed E-state index contributed by atoms with van der Waals surface area (Å²) in [6.07, 6.45) is 0. The molecule has 0 saturated heterocycles. The maximum Gasteiger partial charge on any atom is 0.328 e. The third-order valence-corrected chi connectivity index (χ3v) is 4.26. The average Bonchev–Trinajstić information content (AvgIpc) is 2.87. The maximum atomic E-state index is 12.0. The summed E-state index contributed by atoms with van der Waals surface area (Å²) in [5, 5.41) is 18.1. The van der Waals surface area contributed by atoms with Crippen molar-refractivity contribution in [2.24, 2.45) is 0 Å². The summed E-state index contributed by atoms with van der Waals surface area (Å²) in [5.41, 5.74) is 1.05. The van der Waals surface area contributed by atoms with Gasteiger partial charge in [0.1, 0.15) is 17.9 Å². The Hall–Kier alpha value is -2.94. The van der Waals surface area contributed by atoms with Crippen LogP contribution in [0.2, 0.25) is 5.02 Å². The number of benzene rings is 1. The lowest BCUT2D eigenvalue weighted by Gasteiger charge is -2.15. The number of nitrogens with zero attached hydrogens (tertiary/aromatic N) is 3. The molecular formula is C17H19ClN4O5. The molecule has 1 aromatic carbocycles. The molecule has 1 aromatic heterocycles. The molecule has 1 N–H and O–H groups in total. The molecule has 2 rings (SSSR count). The SMILES string of the molecule is Cc1nn(CC(=O)OCC(=O)N[C@@H](C)c2ccccc2Cl)c(C)c1[N+](=O)[O-]. The average molecular weight is 395 g/mol. The molecule has 1 heterocycles. The zero-order valence-corrected chi connectivity index (χ0v) is 15.8. The summed E-state index contributed by atoms with van der Waals surface area (Å²) in [4.78, 5) is 34.3. The first-order valence-corrected chi connectivity index (χ1v) is 8.46. The van der Waals surface area contributed by atoms with Gasteiger partial charge >= 0.3 is 11.7 Å². The maximum absolute atomic E-state index is 12.0. The largest absolute Gasteiger partial charge is 0.454 e. The molecular weight excluding hydrogens is 376 g/mol. The number of carbonyl (C=O) groups excluding carboxylic acids is 2. The summed E-state index contributed by atoms with van der Waals surface area (Å²) in [6.45, 7) is 3.93. The molecule has 1 amide bonds. The van der Waals surface area contributed by atoms with Crippen molar-refractivity contribution >= 4 is 29.2 Å². The van der Waals surface area contributed by atoms with Gasteiger partial charge in [0.25, 0.3) is 5.91 Å². The molecule has 0 unspecified atom stereocenters. The number of carbonyl (C=O) groups is 2. The number of hydrogen-bond acceptors (Lipinski definition) is 6. The second-order valence-electron chi connectivity index (χ2n) is 5.91. The Morgan fingerprint density at radius 2 is 2.04 bits per heavy atom. The fraction of sp³-hybridized carbons (Fsp3) is 0.353. The predicted octanol–water partition coefficient (Wildman–Crippen LogP) is 2.48. The van der Waals surface area contributed by atoms with Gasteiger partial charge in [-0.1, -0.05) is 29.8 Å². The van der Waals surface area contributed by atoms with E-state index in [4.69, 9.17) is 16.3 Å². The van der Waals surface area contributed by atoms with Crippen molar-refractivity contribution in [3.05, 3.63) is 56.4 Å². The highest BCUT2D eigenvalue weighted by molar-refractivity contribution is 6.31. The van der Waals surface area contributed by atoms with Gasteiger partial charge in [0.2, 0.25) is 0 Å². The van der Waals surface area contributed by atoms with E-state index in [1.54, 1.807) is 31.2 Å². The van der Waals surface area contributed by atoms with Crippen LogP contribution in [0.5, 0.6) is 0 Å². The zero-order valence-electron chi connectivity index (χ0n) is 15.1. The van der Waals surface area contributed by atoms with Crippen molar-refractivity contribution in [1.29, 1.82) is 0 Å². The Labute approximate surface area is 160 Å². The lowest BCUT2D eigenvalue weighted by atomic mass is 10.1. The Morgan fingerprint density at radius 3 is 2.63 bits per heavy atom. The van der Waals surface area contributed by atoms with Gasteiger partial charge in [0.15, 0.2) is 6.61 Å². The molecule has 1 atom stereocenters. The van der Waals surface area contributed by atoms with Crippen LogP contribution in [0.15, 0.2) is 24.3 Å². The van der Waals surface area contributed by atoms with Crippen LogP contribution in [0.1, 0.15) is 29.9 Å². The minimum absolute atomic E-state index is 0.144. The summed E-state index contributed by atoms with van der Waals surface area (Å²) in [7, 11) is 0. The fourth-order valence-electron chi connectivity index (χ4n) is 2.61. The lowest BCUT2D eigenvalue weighted by molar-refractivity contribution is -0.386. The summed E-state index contributed by atoms with van der Waals surface area (Å²) in [6, 6.07) is 6.73. The predicted molar refractivity (Wildman–Crippen MR) is 97.3 cm³/mol. The Bertz CT molecular complexity index is 880. The normalized spacial score (nSPS) is 11.7. The van der Waals surface area contributed by atoms with Crippen molar-refractivity contribution in [3.63, 3.8) is 0 Å². The molecule has 0 saturated carbocycles. The molecule has 27 heavy (non-hydrogen) atoms. The molecule has 0 aliphatic carbocycles. The topological polar surface area (TPSA) is 116 Å². The number of aryl methyl sites for hydroxylation is 1. The van der Waals surface area contributed by atoms with E-state index < -0.39 is 23.4 Å². The molecule has 10 heteroatoms. The fourth-order valence-corrected chi connectivity index (χ4v) is 2.91. The van der Waals surface area contributed by atoms with Crippen LogP contribution in [0.4, 0.5) is 5.69 Å². The number of nitrogens with one attached hydrogen (secondary N) is 1. The molecule has 144 valence electrons. The first-order chi connectivity index (χ1) is 12.7. The number of esters is 1. The quantitative estimate of drug-likeness (QED) is 0.438. The first-order valence-electron chi connectivity index (χ1n) is 8.08. The first kappa shape index (κ1) is 20.4. The van der Waals surface area contributed by atoms with Gasteiger partial charge in [-0.25, -0.2) is 0 Å². The van der Waals surface area contributed by atoms with Crippen LogP contribution in [0.25, 0.3) is 0 Å². The van der Waals surface area contributed by atoms with Gasteiger partial charge in [-0.3, -0.25) is 24.4 Å². The molecule has 0 fully saturated rings. The van der Waals surface area contributed by atoms with Crippen LogP contribution in [-0.4, -0.2) is 33.2 Å². The minimum Gasteiger partial charge on any atom is -0.454 e. The molecule has 0 aliphatic heterocycles. The van der Waals surface area contributed by atoms with Crippen LogP contribution >= 0.6 is 11.6 Å². The molecule has 0 spiro atoms. The Balaban J connectivity index is 1.89. The number of nitro groups is 1. The smallest absolute Gasteiger partial charge is 0.328 e. The third-order valence-electron chi connectivity index (χ3n) is 3.92. The van der Waals surface area contributed by atoms with E-state index in [1.807, 2.05) is 0 Å². The van der Waals surface area contributed by atoms with E-state index in [9.17, 15) is 19.7 Å². The van der Waals surface area contributed by atoms with E-state index in [-0.39, 0.29) is 29.7 Å². The van der Waals surface area contributed by atoms with Gasteiger partial charge in [-0.15, -0.1) is 0 Å². The summed E-state index contributed by atoms with van der Waals surface area (Å²) >= 11 is 6.08. The lowest BCUT2D eigenvalue weighted by Crippen LogP contribution is -2.32. The van der Waals surface area contributed by atoms with Crippen LogP contribution in [-0.2, 0) is 20.9 Å². The molecule has 0 radical (unpaired) electrons. The van der Waals surface area contributed by atoms with E-state index in [1.165, 1.54) is 18.5 Å². The monoisotopic (exact) mass is 394 g/mol. The van der Waals surface area contributed by atoms with Gasteiger partial charge in [-0.2, -0.15) is 5.10 Å². The van der Waals surface area contributed by atoms with Crippen molar-refractivity contribution in [3.8, 4) is 0 Å². The third kappa shape index (κ3) is 5.04. The molecule has 0 bridgehead atoms. The van der Waals surface area contributed by atoms with Gasteiger partial charge in [0.05, 0.1) is 11.0 Å². The summed E-state index contributed by atoms with van der Waals surface area (Å²) < 4.78 is 6.11. The Kier molecular flexibility index (Phi) is 6.51. The molecule has 2 aromatic rings. The second kappa shape index (κ2) is 8.63. The molecule has 9 nitrogen and oxygen atoms in total. The van der Waals surface area contributed by atoms with E-state index in [0.29, 0.717) is 5.02 Å². The standard InChI is InChI=1S/C17H19ClN4O5/c1-10(13-6-4-5-7-14(13)18)19-15(23)9-27-16(24)8-21-12(3)17(22(25)26)11(2)20-21/h4-7,10H,8-9H2,1-3H3,(H,19,23)/t10-/m0/s1. The minimum atomic E-state index is -0.726. The zero-order chi connectivity index (χ0) is 20.1.